The highest BCUT2D eigenvalue weighted by atomic mass is 35.5. The molecule has 1 aromatic heterocycles. The summed E-state index contributed by atoms with van der Waals surface area (Å²) in [6.07, 6.45) is 1.56. The second-order valence-corrected chi connectivity index (χ2v) is 4.42. The van der Waals surface area contributed by atoms with Crippen LogP contribution in [0.15, 0.2) is 4.79 Å². The molecule has 0 radical (unpaired) electrons. The first-order valence-electron chi connectivity index (χ1n) is 6.66. The molecule has 2 heterocycles. The summed E-state index contributed by atoms with van der Waals surface area (Å²) in [5, 5.41) is 0.238. The topological polar surface area (TPSA) is 48.3 Å². The zero-order valence-electron chi connectivity index (χ0n) is 11.9. The number of fused-ring (bicyclic) bond motifs is 1. The van der Waals surface area contributed by atoms with Gasteiger partial charge in [0.2, 0.25) is 0 Å². The van der Waals surface area contributed by atoms with Gasteiger partial charge in [-0.2, -0.15) is 0 Å². The lowest BCUT2D eigenvalue weighted by Crippen LogP contribution is -2.25. The van der Waals surface area contributed by atoms with Gasteiger partial charge in [-0.25, -0.2) is 4.79 Å². The normalized spacial score (nSPS) is 12.5. The van der Waals surface area contributed by atoms with Crippen molar-refractivity contribution in [3.63, 3.8) is 0 Å². The molecular weight excluding hydrogens is 266 g/mol. The molecule has 19 heavy (non-hydrogen) atoms. The van der Waals surface area contributed by atoms with Crippen LogP contribution in [-0.4, -0.2) is 17.1 Å². The van der Waals surface area contributed by atoms with Crippen LogP contribution in [0.4, 0.5) is 0 Å². The third-order valence-corrected chi connectivity index (χ3v) is 3.48. The highest BCUT2D eigenvalue weighted by Gasteiger charge is 2.26. The van der Waals surface area contributed by atoms with Gasteiger partial charge in [-0.15, -0.1) is 0 Å². The molecule has 0 fully saturated rings. The molecular formula is C14H20ClNO3. The maximum Gasteiger partial charge on any atom is 0.341 e. The third kappa shape index (κ3) is 2.84. The molecule has 0 bridgehead atoms. The lowest BCUT2D eigenvalue weighted by Gasteiger charge is -2.13. The summed E-state index contributed by atoms with van der Waals surface area (Å²) in [6, 6.07) is 0. The Labute approximate surface area is 118 Å². The Kier molecular flexibility index (Phi) is 5.60. The number of nitrogens with zero attached hydrogens (tertiary/aromatic N) is 1. The van der Waals surface area contributed by atoms with Crippen molar-refractivity contribution in [2.45, 2.75) is 47.1 Å². The predicted molar refractivity (Wildman–Crippen MR) is 76.1 cm³/mol. The van der Waals surface area contributed by atoms with Crippen LogP contribution in [0.2, 0.25) is 5.02 Å². The first kappa shape index (κ1) is 15.8. The molecule has 0 aromatic carbocycles. The fourth-order valence-electron chi connectivity index (χ4n) is 2.18. The Morgan fingerprint density at radius 1 is 1.42 bits per heavy atom. The van der Waals surface area contributed by atoms with Crippen molar-refractivity contribution in [1.29, 1.82) is 0 Å². The Balaban J connectivity index is 0.000000861. The maximum absolute atomic E-state index is 11.9. The van der Waals surface area contributed by atoms with Gasteiger partial charge in [0.05, 0.1) is 17.2 Å². The number of halogens is 1. The Hall–Kier alpha value is -1.29. The minimum absolute atomic E-state index is 0.101. The van der Waals surface area contributed by atoms with E-state index >= 15 is 0 Å². The molecule has 1 aliphatic rings. The minimum Gasteiger partial charge on any atom is -0.462 e. The van der Waals surface area contributed by atoms with E-state index in [1.54, 1.807) is 18.4 Å². The van der Waals surface area contributed by atoms with Gasteiger partial charge in [-0.1, -0.05) is 25.4 Å². The summed E-state index contributed by atoms with van der Waals surface area (Å²) in [6.45, 7) is 8.33. The standard InChI is InChI=1S/C12H14ClNO3.C2H6/c1-3-17-12(16)9-8-5-4-6-14(8)11(15)7(2)10(9)13;1-2/h3-6H2,1-2H3;1-2H3. The zero-order chi connectivity index (χ0) is 14.6. The molecule has 0 amide bonds. The molecule has 0 unspecified atom stereocenters. The molecule has 0 N–H and O–H groups in total. The highest BCUT2D eigenvalue weighted by Crippen LogP contribution is 2.26. The van der Waals surface area contributed by atoms with E-state index in [-0.39, 0.29) is 10.6 Å². The number of esters is 1. The molecule has 106 valence electrons. The smallest absolute Gasteiger partial charge is 0.341 e. The molecule has 5 heteroatoms. The largest absolute Gasteiger partial charge is 0.462 e. The van der Waals surface area contributed by atoms with E-state index in [1.807, 2.05) is 13.8 Å². The summed E-state index contributed by atoms with van der Waals surface area (Å²) in [5.41, 5.74) is 1.39. The van der Waals surface area contributed by atoms with Gasteiger partial charge in [0, 0.05) is 17.8 Å². The summed E-state index contributed by atoms with van der Waals surface area (Å²) >= 11 is 6.10. The molecule has 0 atom stereocenters. The van der Waals surface area contributed by atoms with Gasteiger partial charge in [0.25, 0.3) is 5.56 Å². The lowest BCUT2D eigenvalue weighted by atomic mass is 10.1. The summed E-state index contributed by atoms with van der Waals surface area (Å²) in [4.78, 5) is 23.8. The molecule has 0 saturated heterocycles. The summed E-state index contributed by atoms with van der Waals surface area (Å²) in [5.74, 6) is -0.439. The van der Waals surface area contributed by atoms with Crippen molar-refractivity contribution in [3.05, 3.63) is 32.2 Å². The van der Waals surface area contributed by atoms with E-state index < -0.39 is 5.97 Å². The van der Waals surface area contributed by atoms with Crippen LogP contribution in [0.3, 0.4) is 0 Å². The van der Waals surface area contributed by atoms with Gasteiger partial charge >= 0.3 is 5.97 Å². The second-order valence-electron chi connectivity index (χ2n) is 4.04. The highest BCUT2D eigenvalue weighted by molar-refractivity contribution is 6.34. The molecule has 1 aliphatic heterocycles. The fraction of sp³-hybridized carbons (Fsp3) is 0.571. The first-order chi connectivity index (χ1) is 9.07. The van der Waals surface area contributed by atoms with E-state index in [9.17, 15) is 9.59 Å². The number of hydrogen-bond donors (Lipinski definition) is 0. The van der Waals surface area contributed by atoms with Crippen LogP contribution in [0.5, 0.6) is 0 Å². The van der Waals surface area contributed by atoms with E-state index in [4.69, 9.17) is 16.3 Å². The van der Waals surface area contributed by atoms with Gasteiger partial charge < -0.3 is 9.30 Å². The number of carbonyl (C=O) groups excluding carboxylic acids is 1. The number of aromatic nitrogens is 1. The van der Waals surface area contributed by atoms with Crippen LogP contribution in [0.25, 0.3) is 0 Å². The lowest BCUT2D eigenvalue weighted by molar-refractivity contribution is 0.0524. The molecule has 4 nitrogen and oxygen atoms in total. The van der Waals surface area contributed by atoms with E-state index in [0.29, 0.717) is 36.4 Å². The Morgan fingerprint density at radius 2 is 2.05 bits per heavy atom. The monoisotopic (exact) mass is 285 g/mol. The SMILES string of the molecule is CC.CCOC(=O)c1c(Cl)c(C)c(=O)n2c1CCC2. The van der Waals surface area contributed by atoms with Gasteiger partial charge in [-0.05, 0) is 26.7 Å². The molecule has 1 aromatic rings. The van der Waals surface area contributed by atoms with Crippen LogP contribution in [0.1, 0.15) is 48.8 Å². The molecule has 0 spiro atoms. The van der Waals surface area contributed by atoms with Crippen molar-refractivity contribution in [2.24, 2.45) is 0 Å². The van der Waals surface area contributed by atoms with Crippen molar-refractivity contribution in [2.75, 3.05) is 6.61 Å². The van der Waals surface area contributed by atoms with Crippen LogP contribution < -0.4 is 5.56 Å². The second kappa shape index (κ2) is 6.75. The van der Waals surface area contributed by atoms with Crippen molar-refractivity contribution in [1.82, 2.24) is 4.57 Å². The minimum atomic E-state index is -0.439. The Bertz CT molecular complexity index is 534. The van der Waals surface area contributed by atoms with E-state index in [0.717, 1.165) is 6.42 Å². The van der Waals surface area contributed by atoms with E-state index in [1.165, 1.54) is 0 Å². The number of hydrogen-bond acceptors (Lipinski definition) is 3. The molecule has 0 aliphatic carbocycles. The number of ether oxygens (including phenoxy) is 1. The average molecular weight is 286 g/mol. The van der Waals surface area contributed by atoms with Gasteiger partial charge in [0.1, 0.15) is 0 Å². The summed E-state index contributed by atoms with van der Waals surface area (Å²) in [7, 11) is 0. The molecule has 2 rings (SSSR count). The van der Waals surface area contributed by atoms with E-state index in [2.05, 4.69) is 0 Å². The third-order valence-electron chi connectivity index (χ3n) is 3.00. The van der Waals surface area contributed by atoms with Crippen molar-refractivity contribution in [3.8, 4) is 0 Å². The zero-order valence-corrected chi connectivity index (χ0v) is 12.6. The predicted octanol–water partition coefficient (Wildman–Crippen LogP) is 2.96. The Morgan fingerprint density at radius 3 is 2.63 bits per heavy atom. The fourth-order valence-corrected chi connectivity index (χ4v) is 2.45. The maximum atomic E-state index is 11.9. The van der Waals surface area contributed by atoms with Gasteiger partial charge in [0.15, 0.2) is 0 Å². The summed E-state index contributed by atoms with van der Waals surface area (Å²) < 4.78 is 6.62. The van der Waals surface area contributed by atoms with Crippen molar-refractivity contribution >= 4 is 17.6 Å². The first-order valence-corrected chi connectivity index (χ1v) is 7.04. The van der Waals surface area contributed by atoms with Gasteiger partial charge in [-0.3, -0.25) is 4.79 Å². The number of carbonyl (C=O) groups is 1. The van der Waals surface area contributed by atoms with Crippen LogP contribution >= 0.6 is 11.6 Å². The number of rotatable bonds is 2. The quantitative estimate of drug-likeness (QED) is 0.785. The van der Waals surface area contributed by atoms with Crippen LogP contribution in [-0.2, 0) is 17.7 Å². The number of pyridine rings is 1. The molecule has 0 saturated carbocycles. The average Bonchev–Trinajstić information content (AvgIpc) is 2.88. The van der Waals surface area contributed by atoms with Crippen molar-refractivity contribution < 1.29 is 9.53 Å². The van der Waals surface area contributed by atoms with Crippen LogP contribution in [0, 0.1) is 6.92 Å².